The molecule has 5 nitrogen and oxygen atoms in total. The third-order valence-corrected chi connectivity index (χ3v) is 6.72. The van der Waals surface area contributed by atoms with E-state index in [-0.39, 0.29) is 11.9 Å². The molecule has 1 amide bonds. The maximum absolute atomic E-state index is 12.9. The molecule has 1 aromatic carbocycles. The van der Waals surface area contributed by atoms with Crippen molar-refractivity contribution in [2.75, 3.05) is 13.3 Å². The van der Waals surface area contributed by atoms with Crippen LogP contribution in [0.1, 0.15) is 41.8 Å². The third kappa shape index (κ3) is 2.95. The molecule has 0 saturated heterocycles. The lowest BCUT2D eigenvalue weighted by molar-refractivity contribution is 0.0669. The normalized spacial score (nSPS) is 21.8. The Labute approximate surface area is 142 Å². The van der Waals surface area contributed by atoms with Crippen LogP contribution in [0.15, 0.2) is 28.7 Å². The van der Waals surface area contributed by atoms with Crippen molar-refractivity contribution in [1.82, 2.24) is 4.90 Å². The number of sulfone groups is 1. The molecule has 0 bridgehead atoms. The molecular weight excluding hydrogens is 326 g/mol. The molecule has 1 saturated carbocycles. The Morgan fingerprint density at radius 2 is 1.88 bits per heavy atom. The van der Waals surface area contributed by atoms with E-state index in [0.717, 1.165) is 23.8 Å². The van der Waals surface area contributed by atoms with Gasteiger partial charge in [-0.3, -0.25) is 4.79 Å². The van der Waals surface area contributed by atoms with Crippen molar-refractivity contribution in [3.63, 3.8) is 0 Å². The molecule has 3 rings (SSSR count). The molecule has 1 aromatic heterocycles. The van der Waals surface area contributed by atoms with E-state index < -0.39 is 15.1 Å². The molecular formula is C18H23NO4S. The van der Waals surface area contributed by atoms with Gasteiger partial charge in [-0.15, -0.1) is 0 Å². The zero-order valence-corrected chi connectivity index (χ0v) is 15.1. The van der Waals surface area contributed by atoms with Gasteiger partial charge in [0.15, 0.2) is 15.6 Å². The molecule has 0 aliphatic heterocycles. The molecule has 1 aliphatic rings. The summed E-state index contributed by atoms with van der Waals surface area (Å²) in [7, 11) is -1.51. The van der Waals surface area contributed by atoms with E-state index in [1.165, 1.54) is 6.26 Å². The minimum absolute atomic E-state index is 0.246. The van der Waals surface area contributed by atoms with E-state index in [0.29, 0.717) is 24.2 Å². The highest BCUT2D eigenvalue weighted by Crippen LogP contribution is 2.30. The van der Waals surface area contributed by atoms with Crippen LogP contribution in [0.2, 0.25) is 0 Å². The number of fused-ring (bicyclic) bond motifs is 1. The second-order valence-electron chi connectivity index (χ2n) is 6.69. The van der Waals surface area contributed by atoms with Crippen LogP contribution in [-0.2, 0) is 9.84 Å². The summed E-state index contributed by atoms with van der Waals surface area (Å²) >= 11 is 0. The van der Waals surface area contributed by atoms with Gasteiger partial charge in [0.1, 0.15) is 5.58 Å². The van der Waals surface area contributed by atoms with Crippen molar-refractivity contribution in [2.45, 2.75) is 43.9 Å². The van der Waals surface area contributed by atoms with Crippen LogP contribution >= 0.6 is 0 Å². The fourth-order valence-corrected chi connectivity index (χ4v) is 5.19. The Kier molecular flexibility index (Phi) is 4.42. The van der Waals surface area contributed by atoms with Gasteiger partial charge in [-0.1, -0.05) is 31.0 Å². The van der Waals surface area contributed by atoms with Gasteiger partial charge in [0.2, 0.25) is 0 Å². The molecule has 0 radical (unpaired) electrons. The minimum atomic E-state index is -3.20. The number of amides is 1. The summed E-state index contributed by atoms with van der Waals surface area (Å²) in [6.45, 7) is 1.86. The first-order valence-electron chi connectivity index (χ1n) is 8.25. The molecule has 1 heterocycles. The summed E-state index contributed by atoms with van der Waals surface area (Å²) in [4.78, 5) is 14.5. The number of rotatable bonds is 3. The fraction of sp³-hybridized carbons (Fsp3) is 0.500. The van der Waals surface area contributed by atoms with Crippen LogP contribution in [0, 0.1) is 6.92 Å². The van der Waals surface area contributed by atoms with Crippen molar-refractivity contribution < 1.29 is 17.6 Å². The minimum Gasteiger partial charge on any atom is -0.451 e. The highest BCUT2D eigenvalue weighted by Gasteiger charge is 2.38. The van der Waals surface area contributed by atoms with Gasteiger partial charge in [0.25, 0.3) is 5.91 Å². The predicted octanol–water partition coefficient (Wildman–Crippen LogP) is 3.17. The molecule has 1 fully saturated rings. The first-order valence-corrected chi connectivity index (χ1v) is 10.2. The number of furan rings is 1. The molecule has 1 aliphatic carbocycles. The van der Waals surface area contributed by atoms with Gasteiger partial charge in [-0.05, 0) is 25.8 Å². The van der Waals surface area contributed by atoms with E-state index in [1.807, 2.05) is 31.2 Å². The second kappa shape index (κ2) is 6.24. The molecule has 6 heteroatoms. The maximum atomic E-state index is 12.9. The zero-order chi connectivity index (χ0) is 17.5. The maximum Gasteiger partial charge on any atom is 0.289 e. The monoisotopic (exact) mass is 349 g/mol. The van der Waals surface area contributed by atoms with E-state index in [1.54, 1.807) is 11.9 Å². The van der Waals surface area contributed by atoms with Gasteiger partial charge in [-0.25, -0.2) is 8.42 Å². The zero-order valence-electron chi connectivity index (χ0n) is 14.3. The second-order valence-corrected chi connectivity index (χ2v) is 8.95. The molecule has 24 heavy (non-hydrogen) atoms. The number of carbonyl (C=O) groups is 1. The summed E-state index contributed by atoms with van der Waals surface area (Å²) < 4.78 is 30.0. The summed E-state index contributed by atoms with van der Waals surface area (Å²) in [5, 5.41) is 0.419. The standard InChI is InChI=1S/C18H23NO4S/c1-12-13-8-4-6-10-15(13)23-17(12)18(20)19(2)14-9-5-7-11-16(14)24(3,21)22/h4,6,8,10,14,16H,5,7,9,11H2,1-3H3. The highest BCUT2D eigenvalue weighted by molar-refractivity contribution is 7.91. The lowest BCUT2D eigenvalue weighted by Gasteiger charge is -2.36. The summed E-state index contributed by atoms with van der Waals surface area (Å²) in [6, 6.07) is 7.23. The van der Waals surface area contributed by atoms with Gasteiger partial charge in [0.05, 0.1) is 5.25 Å². The summed E-state index contributed by atoms with van der Waals surface area (Å²) in [5.74, 6) is 0.0563. The van der Waals surface area contributed by atoms with E-state index >= 15 is 0 Å². The van der Waals surface area contributed by atoms with Gasteiger partial charge < -0.3 is 9.32 Å². The lowest BCUT2D eigenvalue weighted by Crippen LogP contribution is -2.49. The fourth-order valence-electron chi connectivity index (χ4n) is 3.71. The van der Waals surface area contributed by atoms with Crippen LogP contribution in [0.25, 0.3) is 11.0 Å². The highest BCUT2D eigenvalue weighted by atomic mass is 32.2. The number of aryl methyl sites for hydroxylation is 1. The van der Waals surface area contributed by atoms with Crippen LogP contribution < -0.4 is 0 Å². The van der Waals surface area contributed by atoms with Crippen LogP contribution in [0.4, 0.5) is 0 Å². The van der Waals surface area contributed by atoms with Crippen LogP contribution in [-0.4, -0.2) is 43.8 Å². The molecule has 0 N–H and O–H groups in total. The Morgan fingerprint density at radius 3 is 2.54 bits per heavy atom. The number of benzene rings is 1. The molecule has 2 aromatic rings. The molecule has 130 valence electrons. The predicted molar refractivity (Wildman–Crippen MR) is 93.9 cm³/mol. The van der Waals surface area contributed by atoms with Crippen LogP contribution in [0.5, 0.6) is 0 Å². The third-order valence-electron chi connectivity index (χ3n) is 5.07. The lowest BCUT2D eigenvalue weighted by atomic mass is 9.93. The molecule has 2 unspecified atom stereocenters. The first kappa shape index (κ1) is 17.0. The number of carbonyl (C=O) groups excluding carboxylic acids is 1. The van der Waals surface area contributed by atoms with Crippen molar-refractivity contribution in [3.05, 3.63) is 35.6 Å². The van der Waals surface area contributed by atoms with Crippen molar-refractivity contribution >= 4 is 26.7 Å². The number of para-hydroxylation sites is 1. The summed E-state index contributed by atoms with van der Waals surface area (Å²) in [6.07, 6.45) is 4.41. The molecule has 2 atom stereocenters. The smallest absolute Gasteiger partial charge is 0.289 e. The summed E-state index contributed by atoms with van der Waals surface area (Å²) in [5.41, 5.74) is 1.48. The van der Waals surface area contributed by atoms with Crippen molar-refractivity contribution in [2.24, 2.45) is 0 Å². The van der Waals surface area contributed by atoms with E-state index in [9.17, 15) is 13.2 Å². The van der Waals surface area contributed by atoms with Crippen LogP contribution in [0.3, 0.4) is 0 Å². The van der Waals surface area contributed by atoms with Crippen molar-refractivity contribution in [1.29, 1.82) is 0 Å². The SMILES string of the molecule is Cc1c(C(=O)N(C)C2CCCCC2S(C)(=O)=O)oc2ccccc12. The van der Waals surface area contributed by atoms with Gasteiger partial charge in [0, 0.05) is 30.3 Å². The van der Waals surface area contributed by atoms with E-state index in [2.05, 4.69) is 0 Å². The number of hydrogen-bond donors (Lipinski definition) is 0. The average Bonchev–Trinajstić information content (AvgIpc) is 2.90. The topological polar surface area (TPSA) is 67.6 Å². The largest absolute Gasteiger partial charge is 0.451 e. The van der Waals surface area contributed by atoms with Gasteiger partial charge >= 0.3 is 0 Å². The van der Waals surface area contributed by atoms with Crippen molar-refractivity contribution in [3.8, 4) is 0 Å². The Hall–Kier alpha value is -1.82. The Bertz CT molecular complexity index is 868. The average molecular weight is 349 g/mol. The number of hydrogen-bond acceptors (Lipinski definition) is 4. The Morgan fingerprint density at radius 1 is 1.21 bits per heavy atom. The van der Waals surface area contributed by atoms with E-state index in [4.69, 9.17) is 4.42 Å². The molecule has 0 spiro atoms. The quantitative estimate of drug-likeness (QED) is 0.853. The first-order chi connectivity index (χ1) is 11.3. The Balaban J connectivity index is 1.94. The van der Waals surface area contributed by atoms with Gasteiger partial charge in [-0.2, -0.15) is 0 Å². The number of nitrogens with zero attached hydrogens (tertiary/aromatic N) is 1.